The molecule has 1 aliphatic rings. The van der Waals surface area contributed by atoms with Crippen molar-refractivity contribution >= 4 is 40.9 Å². The summed E-state index contributed by atoms with van der Waals surface area (Å²) in [5.74, 6) is 0. The van der Waals surface area contributed by atoms with Gasteiger partial charge in [-0.1, -0.05) is 42.8 Å². The molecule has 0 aliphatic heterocycles. The lowest BCUT2D eigenvalue weighted by atomic mass is 10.1. The number of nitrogens with one attached hydrogen (secondary N) is 1. The Morgan fingerprint density at radius 3 is 2.74 bits per heavy atom. The van der Waals surface area contributed by atoms with Crippen LogP contribution in [0.5, 0.6) is 0 Å². The SMILES string of the molecule is CCCOC(=O)Nc1ccccc1N=C1CCC/C1=C/c1ccc(Cl)cc1. The van der Waals surface area contributed by atoms with Gasteiger partial charge in [-0.3, -0.25) is 10.3 Å². The van der Waals surface area contributed by atoms with Gasteiger partial charge in [0, 0.05) is 10.7 Å². The standard InChI is InChI=1S/C22H23ClN2O2/c1-2-14-27-22(26)25-21-8-4-3-7-20(21)24-19-9-5-6-17(19)15-16-10-12-18(23)13-11-16/h3-4,7-8,10-13,15H,2,5-6,9,14H2,1H3,(H,25,26)/b17-15-,24-19?. The van der Waals surface area contributed by atoms with E-state index in [2.05, 4.69) is 11.4 Å². The lowest BCUT2D eigenvalue weighted by Crippen LogP contribution is -2.14. The first-order chi connectivity index (χ1) is 13.2. The van der Waals surface area contributed by atoms with Gasteiger partial charge in [-0.15, -0.1) is 0 Å². The van der Waals surface area contributed by atoms with Gasteiger partial charge in [0.15, 0.2) is 0 Å². The summed E-state index contributed by atoms with van der Waals surface area (Å²) in [4.78, 5) is 16.7. The largest absolute Gasteiger partial charge is 0.449 e. The molecule has 1 N–H and O–H groups in total. The van der Waals surface area contributed by atoms with Crippen LogP contribution in [0, 0.1) is 0 Å². The smallest absolute Gasteiger partial charge is 0.411 e. The van der Waals surface area contributed by atoms with E-state index in [1.165, 1.54) is 5.57 Å². The Morgan fingerprint density at radius 2 is 1.96 bits per heavy atom. The molecule has 27 heavy (non-hydrogen) atoms. The molecule has 0 radical (unpaired) electrons. The lowest BCUT2D eigenvalue weighted by molar-refractivity contribution is 0.161. The maximum atomic E-state index is 11.9. The normalized spacial score (nSPS) is 16.7. The van der Waals surface area contributed by atoms with Gasteiger partial charge in [0.1, 0.15) is 0 Å². The summed E-state index contributed by atoms with van der Waals surface area (Å²) >= 11 is 5.97. The molecule has 1 amide bonds. The second-order valence-electron chi connectivity index (χ2n) is 6.41. The molecule has 0 bridgehead atoms. The van der Waals surface area contributed by atoms with Crippen molar-refractivity contribution < 1.29 is 9.53 Å². The van der Waals surface area contributed by atoms with Gasteiger partial charge in [0.25, 0.3) is 0 Å². The fourth-order valence-corrected chi connectivity index (χ4v) is 3.08. The summed E-state index contributed by atoms with van der Waals surface area (Å²) in [6.07, 6.45) is 5.49. The highest BCUT2D eigenvalue weighted by Gasteiger charge is 2.16. The number of hydrogen-bond donors (Lipinski definition) is 1. The van der Waals surface area contributed by atoms with Crippen molar-refractivity contribution in [1.82, 2.24) is 0 Å². The molecule has 5 heteroatoms. The van der Waals surface area contributed by atoms with Crippen LogP contribution in [0.1, 0.15) is 38.2 Å². The lowest BCUT2D eigenvalue weighted by Gasteiger charge is -2.09. The van der Waals surface area contributed by atoms with Crippen LogP contribution in [0.2, 0.25) is 5.02 Å². The number of amides is 1. The predicted octanol–water partition coefficient (Wildman–Crippen LogP) is 6.64. The first-order valence-corrected chi connectivity index (χ1v) is 9.60. The summed E-state index contributed by atoms with van der Waals surface area (Å²) in [5, 5.41) is 3.52. The number of carbonyl (C=O) groups excluding carboxylic acids is 1. The van der Waals surface area contributed by atoms with Crippen LogP contribution in [-0.2, 0) is 4.74 Å². The Hall–Kier alpha value is -2.59. The van der Waals surface area contributed by atoms with Gasteiger partial charge in [-0.05, 0) is 67.2 Å². The second-order valence-corrected chi connectivity index (χ2v) is 6.85. The summed E-state index contributed by atoms with van der Waals surface area (Å²) in [5.41, 5.74) is 4.79. The molecular weight excluding hydrogens is 360 g/mol. The molecule has 0 atom stereocenters. The predicted molar refractivity (Wildman–Crippen MR) is 112 cm³/mol. The fraction of sp³-hybridized carbons (Fsp3) is 0.273. The van der Waals surface area contributed by atoms with Crippen LogP contribution < -0.4 is 5.32 Å². The quantitative estimate of drug-likeness (QED) is 0.630. The number of nitrogens with zero attached hydrogens (tertiary/aromatic N) is 1. The second kappa shape index (κ2) is 9.38. The minimum Gasteiger partial charge on any atom is -0.449 e. The van der Waals surface area contributed by atoms with E-state index in [1.807, 2.05) is 55.5 Å². The van der Waals surface area contributed by atoms with E-state index in [0.29, 0.717) is 12.3 Å². The van der Waals surface area contributed by atoms with Crippen LogP contribution >= 0.6 is 11.6 Å². The van der Waals surface area contributed by atoms with E-state index in [-0.39, 0.29) is 0 Å². The van der Waals surface area contributed by atoms with E-state index in [9.17, 15) is 4.79 Å². The van der Waals surface area contributed by atoms with Gasteiger partial charge in [-0.2, -0.15) is 0 Å². The zero-order valence-corrected chi connectivity index (χ0v) is 16.1. The zero-order chi connectivity index (χ0) is 19.1. The maximum absolute atomic E-state index is 11.9. The minimum absolute atomic E-state index is 0.399. The minimum atomic E-state index is -0.451. The summed E-state index contributed by atoms with van der Waals surface area (Å²) in [6, 6.07) is 15.3. The number of ether oxygens (including phenoxy) is 1. The third-order valence-corrected chi connectivity index (χ3v) is 4.53. The molecule has 0 aromatic heterocycles. The highest BCUT2D eigenvalue weighted by atomic mass is 35.5. The summed E-state index contributed by atoms with van der Waals surface area (Å²) in [7, 11) is 0. The van der Waals surface area contributed by atoms with Gasteiger partial charge in [0.05, 0.1) is 18.0 Å². The summed E-state index contributed by atoms with van der Waals surface area (Å²) in [6.45, 7) is 2.36. The topological polar surface area (TPSA) is 50.7 Å². The number of para-hydroxylation sites is 2. The van der Waals surface area contributed by atoms with Crippen LogP contribution in [0.15, 0.2) is 59.1 Å². The van der Waals surface area contributed by atoms with Gasteiger partial charge in [-0.25, -0.2) is 4.79 Å². The number of benzene rings is 2. The molecule has 1 fully saturated rings. The highest BCUT2D eigenvalue weighted by molar-refractivity contribution is 6.30. The number of allylic oxidation sites excluding steroid dienone is 1. The van der Waals surface area contributed by atoms with Gasteiger partial charge in [0.2, 0.25) is 0 Å². The molecule has 0 saturated heterocycles. The molecule has 2 aromatic carbocycles. The molecule has 0 heterocycles. The number of halogens is 1. The van der Waals surface area contributed by atoms with Crippen molar-refractivity contribution in [2.24, 2.45) is 4.99 Å². The van der Waals surface area contributed by atoms with Gasteiger partial charge < -0.3 is 4.74 Å². The van der Waals surface area contributed by atoms with Crippen molar-refractivity contribution in [3.63, 3.8) is 0 Å². The van der Waals surface area contributed by atoms with Crippen molar-refractivity contribution in [1.29, 1.82) is 0 Å². The van der Waals surface area contributed by atoms with Gasteiger partial charge >= 0.3 is 6.09 Å². The average molecular weight is 383 g/mol. The van der Waals surface area contributed by atoms with E-state index >= 15 is 0 Å². The van der Waals surface area contributed by atoms with E-state index in [4.69, 9.17) is 21.3 Å². The Morgan fingerprint density at radius 1 is 1.19 bits per heavy atom. The van der Waals surface area contributed by atoms with E-state index in [1.54, 1.807) is 0 Å². The number of hydrogen-bond acceptors (Lipinski definition) is 3. The molecule has 4 nitrogen and oxygen atoms in total. The van der Waals surface area contributed by atoms with Crippen molar-refractivity contribution in [2.45, 2.75) is 32.6 Å². The van der Waals surface area contributed by atoms with Crippen LogP contribution in [0.4, 0.5) is 16.2 Å². The molecule has 140 valence electrons. The molecule has 2 aromatic rings. The Kier molecular flexibility index (Phi) is 6.66. The first kappa shape index (κ1) is 19.2. The first-order valence-electron chi connectivity index (χ1n) is 9.22. The summed E-state index contributed by atoms with van der Waals surface area (Å²) < 4.78 is 5.11. The van der Waals surface area contributed by atoms with Crippen LogP contribution in [0.3, 0.4) is 0 Å². The molecule has 0 unspecified atom stereocenters. The third kappa shape index (κ3) is 5.44. The average Bonchev–Trinajstić information content (AvgIpc) is 3.10. The number of carbonyl (C=O) groups is 1. The van der Waals surface area contributed by atoms with Crippen LogP contribution in [-0.4, -0.2) is 18.4 Å². The monoisotopic (exact) mass is 382 g/mol. The Labute approximate surface area is 164 Å². The number of rotatable bonds is 5. The molecule has 1 aliphatic carbocycles. The maximum Gasteiger partial charge on any atom is 0.411 e. The third-order valence-electron chi connectivity index (χ3n) is 4.27. The van der Waals surface area contributed by atoms with E-state index < -0.39 is 6.09 Å². The van der Waals surface area contributed by atoms with Crippen molar-refractivity contribution in [3.8, 4) is 0 Å². The van der Waals surface area contributed by atoms with Crippen molar-refractivity contribution in [2.75, 3.05) is 11.9 Å². The number of aliphatic imine (C=N–C) groups is 1. The Bertz CT molecular complexity index is 857. The number of anilines is 1. The molecular formula is C22H23ClN2O2. The van der Waals surface area contributed by atoms with Crippen LogP contribution in [0.25, 0.3) is 6.08 Å². The fourth-order valence-electron chi connectivity index (χ4n) is 2.96. The van der Waals surface area contributed by atoms with Crippen molar-refractivity contribution in [3.05, 3.63) is 64.7 Å². The van der Waals surface area contributed by atoms with E-state index in [0.717, 1.165) is 47.7 Å². The molecule has 1 saturated carbocycles. The zero-order valence-electron chi connectivity index (χ0n) is 15.4. The Balaban J connectivity index is 1.83. The molecule has 0 spiro atoms. The molecule has 3 rings (SSSR count). The highest BCUT2D eigenvalue weighted by Crippen LogP contribution is 2.31.